The Kier molecular flexibility index (Phi) is 4.24. The average molecular weight is 320 g/mol. The summed E-state index contributed by atoms with van der Waals surface area (Å²) in [5.41, 5.74) is 2.90. The van der Waals surface area contributed by atoms with E-state index in [0.29, 0.717) is 35.1 Å². The predicted molar refractivity (Wildman–Crippen MR) is 90.7 cm³/mol. The number of rotatable bonds is 5. The van der Waals surface area contributed by atoms with Crippen LogP contribution in [0.25, 0.3) is 16.9 Å². The number of hydrogen-bond acceptors (Lipinski definition) is 3. The van der Waals surface area contributed by atoms with Gasteiger partial charge in [-0.3, -0.25) is 4.79 Å². The van der Waals surface area contributed by atoms with E-state index in [-0.39, 0.29) is 5.56 Å². The number of carboxylic acids is 1. The van der Waals surface area contributed by atoms with Gasteiger partial charge in [-0.25, -0.2) is 9.48 Å². The highest BCUT2D eigenvalue weighted by molar-refractivity contribution is 5.99. The van der Waals surface area contributed by atoms with Gasteiger partial charge in [0.1, 0.15) is 5.69 Å². The molecule has 1 N–H and O–H groups in total. The minimum atomic E-state index is -1.02. The lowest BCUT2D eigenvalue weighted by molar-refractivity contribution is 0.0696. The fraction of sp³-hybridized carbons (Fsp3) is 0.105. The van der Waals surface area contributed by atoms with Crippen LogP contribution in [0.15, 0.2) is 54.7 Å². The Bertz CT molecular complexity index is 898. The molecule has 24 heavy (non-hydrogen) atoms. The molecule has 0 fully saturated rings. The van der Waals surface area contributed by atoms with Crippen LogP contribution < -0.4 is 0 Å². The quantitative estimate of drug-likeness (QED) is 0.729. The van der Waals surface area contributed by atoms with Gasteiger partial charge >= 0.3 is 5.97 Å². The summed E-state index contributed by atoms with van der Waals surface area (Å²) in [6.07, 6.45) is 2.90. The van der Waals surface area contributed by atoms with E-state index in [1.807, 2.05) is 37.3 Å². The number of carbonyl (C=O) groups is 2. The Labute approximate surface area is 139 Å². The Morgan fingerprint density at radius 1 is 1.17 bits per heavy atom. The molecule has 5 heteroatoms. The second-order valence-electron chi connectivity index (χ2n) is 5.33. The number of aryl methyl sites for hydroxylation is 1. The molecule has 0 spiro atoms. The molecule has 3 aromatic rings. The molecule has 0 aliphatic carbocycles. The molecule has 0 atom stereocenters. The highest BCUT2D eigenvalue weighted by Crippen LogP contribution is 2.28. The van der Waals surface area contributed by atoms with Crippen LogP contribution in [0.5, 0.6) is 0 Å². The largest absolute Gasteiger partial charge is 0.478 e. The van der Waals surface area contributed by atoms with Gasteiger partial charge in [0.05, 0.1) is 16.8 Å². The number of aldehydes is 1. The Hall–Kier alpha value is -3.21. The maximum absolute atomic E-state index is 11.7. The van der Waals surface area contributed by atoms with E-state index in [4.69, 9.17) is 0 Å². The third kappa shape index (κ3) is 2.72. The van der Waals surface area contributed by atoms with Crippen molar-refractivity contribution in [3.05, 3.63) is 71.4 Å². The summed E-state index contributed by atoms with van der Waals surface area (Å²) in [6.45, 7) is 1.90. The van der Waals surface area contributed by atoms with Crippen LogP contribution in [0.1, 0.15) is 33.2 Å². The number of carbonyl (C=O) groups excluding carboxylic acids is 1. The molecule has 5 nitrogen and oxygen atoms in total. The Morgan fingerprint density at radius 2 is 1.92 bits per heavy atom. The van der Waals surface area contributed by atoms with Crippen molar-refractivity contribution in [1.29, 1.82) is 0 Å². The average Bonchev–Trinajstić information content (AvgIpc) is 3.06. The summed E-state index contributed by atoms with van der Waals surface area (Å²) in [4.78, 5) is 23.2. The molecule has 0 amide bonds. The van der Waals surface area contributed by atoms with Gasteiger partial charge in [-0.05, 0) is 24.1 Å². The van der Waals surface area contributed by atoms with Crippen molar-refractivity contribution in [2.24, 2.45) is 0 Å². The molecule has 0 aliphatic heterocycles. The van der Waals surface area contributed by atoms with E-state index in [9.17, 15) is 14.7 Å². The number of carboxylic acid groups (broad SMARTS) is 1. The predicted octanol–water partition coefficient (Wildman–Crippen LogP) is 3.61. The van der Waals surface area contributed by atoms with Crippen molar-refractivity contribution in [1.82, 2.24) is 9.78 Å². The molecule has 2 aromatic carbocycles. The fourth-order valence-corrected chi connectivity index (χ4v) is 2.74. The molecule has 0 aliphatic rings. The van der Waals surface area contributed by atoms with Gasteiger partial charge in [-0.1, -0.05) is 43.3 Å². The first-order valence-electron chi connectivity index (χ1n) is 7.61. The van der Waals surface area contributed by atoms with Crippen LogP contribution in [0, 0.1) is 0 Å². The van der Waals surface area contributed by atoms with Gasteiger partial charge in [0.25, 0.3) is 0 Å². The molecule has 3 rings (SSSR count). The zero-order valence-electron chi connectivity index (χ0n) is 13.1. The summed E-state index contributed by atoms with van der Waals surface area (Å²) in [7, 11) is 0. The third-order valence-corrected chi connectivity index (χ3v) is 3.89. The van der Waals surface area contributed by atoms with Crippen molar-refractivity contribution in [3.8, 4) is 16.9 Å². The van der Waals surface area contributed by atoms with Crippen molar-refractivity contribution < 1.29 is 14.7 Å². The van der Waals surface area contributed by atoms with Gasteiger partial charge in [-0.15, -0.1) is 0 Å². The molecule has 1 heterocycles. The Morgan fingerprint density at radius 3 is 2.54 bits per heavy atom. The smallest absolute Gasteiger partial charge is 0.336 e. The van der Waals surface area contributed by atoms with E-state index >= 15 is 0 Å². The summed E-state index contributed by atoms with van der Waals surface area (Å²) in [5.74, 6) is -1.02. The zero-order chi connectivity index (χ0) is 17.1. The van der Waals surface area contributed by atoms with E-state index in [1.54, 1.807) is 29.1 Å². The van der Waals surface area contributed by atoms with Crippen molar-refractivity contribution in [3.63, 3.8) is 0 Å². The molecular formula is C19H16N2O3. The van der Waals surface area contributed by atoms with E-state index in [1.165, 1.54) is 0 Å². The van der Waals surface area contributed by atoms with E-state index in [2.05, 4.69) is 5.10 Å². The standard InChI is InChI=1S/C19H16N2O3/c1-2-13-7-6-10-16(17(13)19(23)24)18-14(12-22)11-21(20-18)15-8-4-3-5-9-15/h3-12H,2H2,1H3,(H,23,24). The summed E-state index contributed by atoms with van der Waals surface area (Å²) < 4.78 is 1.59. The molecule has 0 saturated heterocycles. The van der Waals surface area contributed by atoms with Gasteiger partial charge in [-0.2, -0.15) is 5.10 Å². The van der Waals surface area contributed by atoms with Crippen LogP contribution in [0.2, 0.25) is 0 Å². The van der Waals surface area contributed by atoms with Crippen molar-refractivity contribution in [2.75, 3.05) is 0 Å². The first kappa shape index (κ1) is 15.7. The SMILES string of the molecule is CCc1cccc(-c2nn(-c3ccccc3)cc2C=O)c1C(=O)O. The van der Waals surface area contributed by atoms with E-state index in [0.717, 1.165) is 5.69 Å². The number of benzene rings is 2. The third-order valence-electron chi connectivity index (χ3n) is 3.89. The monoisotopic (exact) mass is 320 g/mol. The normalized spacial score (nSPS) is 10.5. The minimum Gasteiger partial charge on any atom is -0.478 e. The second-order valence-corrected chi connectivity index (χ2v) is 5.33. The van der Waals surface area contributed by atoms with E-state index < -0.39 is 5.97 Å². The zero-order valence-corrected chi connectivity index (χ0v) is 13.1. The van der Waals surface area contributed by atoms with Gasteiger partial charge in [0.15, 0.2) is 6.29 Å². The van der Waals surface area contributed by atoms with Crippen LogP contribution in [-0.4, -0.2) is 27.1 Å². The number of para-hydroxylation sites is 1. The number of hydrogen-bond donors (Lipinski definition) is 1. The molecule has 120 valence electrons. The van der Waals surface area contributed by atoms with Crippen molar-refractivity contribution >= 4 is 12.3 Å². The summed E-state index contributed by atoms with van der Waals surface area (Å²) >= 11 is 0. The second kappa shape index (κ2) is 6.50. The molecule has 0 unspecified atom stereocenters. The number of aromatic carboxylic acids is 1. The maximum Gasteiger partial charge on any atom is 0.336 e. The maximum atomic E-state index is 11.7. The minimum absolute atomic E-state index is 0.196. The topological polar surface area (TPSA) is 72.2 Å². The van der Waals surface area contributed by atoms with Crippen molar-refractivity contribution in [2.45, 2.75) is 13.3 Å². The molecule has 0 radical (unpaired) electrons. The lowest BCUT2D eigenvalue weighted by Gasteiger charge is -2.09. The Balaban J connectivity index is 2.22. The van der Waals surface area contributed by atoms with Crippen LogP contribution in [0.3, 0.4) is 0 Å². The van der Waals surface area contributed by atoms with Crippen LogP contribution in [0.4, 0.5) is 0 Å². The fourth-order valence-electron chi connectivity index (χ4n) is 2.74. The lowest BCUT2D eigenvalue weighted by Crippen LogP contribution is -2.05. The molecule has 1 aromatic heterocycles. The molecular weight excluding hydrogens is 304 g/mol. The number of nitrogens with zero attached hydrogens (tertiary/aromatic N) is 2. The first-order chi connectivity index (χ1) is 11.7. The highest BCUT2D eigenvalue weighted by Gasteiger charge is 2.20. The van der Waals surface area contributed by atoms with Gasteiger partial charge < -0.3 is 5.11 Å². The molecule has 0 bridgehead atoms. The van der Waals surface area contributed by atoms with Gasteiger partial charge in [0, 0.05) is 11.8 Å². The lowest BCUT2D eigenvalue weighted by atomic mass is 9.96. The van der Waals surface area contributed by atoms with Crippen LogP contribution >= 0.6 is 0 Å². The summed E-state index contributed by atoms with van der Waals surface area (Å²) in [6, 6.07) is 14.6. The number of aromatic nitrogens is 2. The molecule has 0 saturated carbocycles. The highest BCUT2D eigenvalue weighted by atomic mass is 16.4. The van der Waals surface area contributed by atoms with Gasteiger partial charge in [0.2, 0.25) is 0 Å². The summed E-state index contributed by atoms with van der Waals surface area (Å²) in [5, 5.41) is 14.1. The first-order valence-corrected chi connectivity index (χ1v) is 7.61. The van der Waals surface area contributed by atoms with Crippen LogP contribution in [-0.2, 0) is 6.42 Å².